The molecule has 0 aliphatic heterocycles. The Morgan fingerprint density at radius 2 is 1.81 bits per heavy atom. The van der Waals surface area contributed by atoms with Crippen molar-refractivity contribution in [3.8, 4) is 5.75 Å². The van der Waals surface area contributed by atoms with Crippen LogP contribution in [0.25, 0.3) is 0 Å². The van der Waals surface area contributed by atoms with Gasteiger partial charge >= 0.3 is 0 Å². The molecule has 0 saturated heterocycles. The van der Waals surface area contributed by atoms with E-state index in [1.165, 1.54) is 0 Å². The van der Waals surface area contributed by atoms with Gasteiger partial charge in [0.1, 0.15) is 12.4 Å². The molecule has 0 aliphatic rings. The summed E-state index contributed by atoms with van der Waals surface area (Å²) in [5, 5.41) is 0. The second-order valence-corrected chi connectivity index (χ2v) is 8.99. The Bertz CT molecular complexity index is 604. The summed E-state index contributed by atoms with van der Waals surface area (Å²) in [7, 11) is 5.70. The quantitative estimate of drug-likeness (QED) is 0.776. The average molecular weight is 334 g/mol. The van der Waals surface area contributed by atoms with Crippen molar-refractivity contribution >= 4 is 19.7 Å². The van der Waals surface area contributed by atoms with E-state index in [0.29, 0.717) is 17.9 Å². The molecule has 0 spiro atoms. The topological polar surface area (TPSA) is 46.6 Å². The third-order valence-corrected chi connectivity index (χ3v) is 4.61. The predicted molar refractivity (Wildman–Crippen MR) is 87.0 cm³/mol. The summed E-state index contributed by atoms with van der Waals surface area (Å²) >= 11 is 0. The summed E-state index contributed by atoms with van der Waals surface area (Å²) in [5.74, 6) is 0.714. The molecule has 6 heteroatoms. The van der Waals surface area contributed by atoms with E-state index in [9.17, 15) is 8.42 Å². The monoisotopic (exact) mass is 333 g/mol. The Morgan fingerprint density at radius 3 is 2.24 bits per heavy atom. The molecule has 1 aromatic rings. The Kier molecular flexibility index (Phi) is 5.69. The van der Waals surface area contributed by atoms with Gasteiger partial charge in [0.05, 0.1) is 4.90 Å². The van der Waals surface area contributed by atoms with Crippen LogP contribution in [0.2, 0.25) is 0 Å². The van der Waals surface area contributed by atoms with Crippen molar-refractivity contribution in [2.75, 3.05) is 27.2 Å². The van der Waals surface area contributed by atoms with Gasteiger partial charge in [-0.25, -0.2) is 8.42 Å². The summed E-state index contributed by atoms with van der Waals surface area (Å²) in [4.78, 5) is 2.18. The molecule has 0 unspecified atom stereocenters. The Morgan fingerprint density at radius 1 is 1.24 bits per heavy atom. The number of rotatable bonds is 5. The lowest BCUT2D eigenvalue weighted by Crippen LogP contribution is -2.21. The lowest BCUT2D eigenvalue weighted by atomic mass is 9.86. The van der Waals surface area contributed by atoms with Crippen LogP contribution in [0.1, 0.15) is 31.9 Å². The van der Waals surface area contributed by atoms with Crippen molar-refractivity contribution in [2.24, 2.45) is 0 Å². The van der Waals surface area contributed by atoms with E-state index in [1.54, 1.807) is 19.1 Å². The first-order valence-corrected chi connectivity index (χ1v) is 9.11. The molecule has 0 amide bonds. The highest BCUT2D eigenvalue weighted by atomic mass is 35.7. The Balaban J connectivity index is 3.27. The van der Waals surface area contributed by atoms with E-state index >= 15 is 0 Å². The molecule has 0 atom stereocenters. The number of halogens is 1. The largest absolute Gasteiger partial charge is 0.492 e. The molecule has 4 nitrogen and oxygen atoms in total. The molecule has 0 aromatic heterocycles. The van der Waals surface area contributed by atoms with Crippen molar-refractivity contribution < 1.29 is 13.2 Å². The van der Waals surface area contributed by atoms with Gasteiger partial charge < -0.3 is 9.64 Å². The van der Waals surface area contributed by atoms with Crippen molar-refractivity contribution in [1.29, 1.82) is 0 Å². The fraction of sp³-hybridized carbons (Fsp3) is 0.600. The molecule has 0 fully saturated rings. The van der Waals surface area contributed by atoms with Crippen LogP contribution in [0, 0.1) is 6.92 Å². The number of hydrogen-bond acceptors (Lipinski definition) is 4. The smallest absolute Gasteiger partial charge is 0.261 e. The first-order chi connectivity index (χ1) is 9.43. The zero-order valence-electron chi connectivity index (χ0n) is 13.5. The highest BCUT2D eigenvalue weighted by Gasteiger charge is 2.24. The number of hydrogen-bond donors (Lipinski definition) is 0. The molecular weight excluding hydrogens is 310 g/mol. The molecule has 1 rings (SSSR count). The third kappa shape index (κ3) is 5.16. The first-order valence-electron chi connectivity index (χ1n) is 6.80. The van der Waals surface area contributed by atoms with Crippen molar-refractivity contribution in [3.63, 3.8) is 0 Å². The molecule has 1 aromatic carbocycles. The second-order valence-electron chi connectivity index (χ2n) is 6.45. The number of benzene rings is 1. The van der Waals surface area contributed by atoms with E-state index < -0.39 is 9.05 Å². The maximum atomic E-state index is 11.7. The lowest BCUT2D eigenvalue weighted by Gasteiger charge is -2.24. The van der Waals surface area contributed by atoms with Gasteiger partial charge in [-0.2, -0.15) is 0 Å². The summed E-state index contributed by atoms with van der Waals surface area (Å²) in [6.07, 6.45) is 0. The second kappa shape index (κ2) is 6.55. The molecule has 0 aliphatic carbocycles. The summed E-state index contributed by atoms with van der Waals surface area (Å²) in [6.45, 7) is 9.10. The Hall–Kier alpha value is -0.780. The maximum Gasteiger partial charge on any atom is 0.261 e. The zero-order chi connectivity index (χ0) is 16.4. The SMILES string of the molecule is Cc1cc(OCCN(C)C)c(C(C)(C)C)cc1S(=O)(=O)Cl. The van der Waals surface area contributed by atoms with Crippen molar-refractivity contribution in [2.45, 2.75) is 38.0 Å². The van der Waals surface area contributed by atoms with Crippen molar-refractivity contribution in [1.82, 2.24) is 4.90 Å². The summed E-state index contributed by atoms with van der Waals surface area (Å²) < 4.78 is 29.2. The molecule has 0 radical (unpaired) electrons. The number of likely N-dealkylation sites (N-methyl/N-ethyl adjacent to an activating group) is 1. The summed E-state index contributed by atoms with van der Waals surface area (Å²) in [5.41, 5.74) is 1.20. The van der Waals surface area contributed by atoms with Gasteiger partial charge in [-0.15, -0.1) is 0 Å². The van der Waals surface area contributed by atoms with Gasteiger partial charge in [0, 0.05) is 22.8 Å². The molecule has 0 heterocycles. The highest BCUT2D eigenvalue weighted by molar-refractivity contribution is 8.13. The van der Waals surface area contributed by atoms with Crippen LogP contribution in [0.15, 0.2) is 17.0 Å². The van der Waals surface area contributed by atoms with Crippen LogP contribution < -0.4 is 4.74 Å². The van der Waals surface area contributed by atoms with Crippen LogP contribution >= 0.6 is 10.7 Å². The van der Waals surface area contributed by atoms with E-state index in [0.717, 1.165) is 12.1 Å². The van der Waals surface area contributed by atoms with Crippen LogP contribution in [0.3, 0.4) is 0 Å². The van der Waals surface area contributed by atoms with Crippen LogP contribution in [-0.2, 0) is 14.5 Å². The number of ether oxygens (including phenoxy) is 1. The van der Waals surface area contributed by atoms with E-state index in [1.807, 2.05) is 39.8 Å². The fourth-order valence-corrected chi connectivity index (χ4v) is 3.17. The highest BCUT2D eigenvalue weighted by Crippen LogP contribution is 2.36. The third-order valence-electron chi connectivity index (χ3n) is 3.14. The van der Waals surface area contributed by atoms with Gasteiger partial charge in [-0.1, -0.05) is 20.8 Å². The molecule has 0 N–H and O–H groups in total. The summed E-state index contributed by atoms with van der Waals surface area (Å²) in [6, 6.07) is 3.38. The van der Waals surface area contributed by atoms with Gasteiger partial charge in [-0.3, -0.25) is 0 Å². The number of nitrogens with zero attached hydrogens (tertiary/aromatic N) is 1. The first kappa shape index (κ1) is 18.3. The van der Waals surface area contributed by atoms with E-state index in [4.69, 9.17) is 15.4 Å². The minimum absolute atomic E-state index is 0.147. The fourth-order valence-electron chi connectivity index (χ4n) is 1.97. The maximum absolute atomic E-state index is 11.7. The van der Waals surface area contributed by atoms with Crippen LogP contribution in [0.5, 0.6) is 5.75 Å². The molecular formula is C15H24ClNO3S. The Labute approximate surface area is 132 Å². The van der Waals surface area contributed by atoms with Crippen LogP contribution in [-0.4, -0.2) is 40.6 Å². The standard InChI is InChI=1S/C15H24ClNO3S/c1-11-9-13(20-8-7-17(5)6)12(15(2,3)4)10-14(11)21(16,18)19/h9-10H,7-8H2,1-6H3. The van der Waals surface area contributed by atoms with E-state index in [2.05, 4.69) is 0 Å². The molecule has 0 saturated carbocycles. The normalized spacial score (nSPS) is 12.8. The van der Waals surface area contributed by atoms with Gasteiger partial charge in [0.2, 0.25) is 0 Å². The minimum Gasteiger partial charge on any atom is -0.492 e. The van der Waals surface area contributed by atoms with E-state index in [-0.39, 0.29) is 10.3 Å². The van der Waals surface area contributed by atoms with Crippen LogP contribution in [0.4, 0.5) is 0 Å². The molecule has 21 heavy (non-hydrogen) atoms. The minimum atomic E-state index is -3.76. The number of aryl methyl sites for hydroxylation is 1. The van der Waals surface area contributed by atoms with Crippen molar-refractivity contribution in [3.05, 3.63) is 23.3 Å². The van der Waals surface area contributed by atoms with Gasteiger partial charge in [-0.05, 0) is 44.1 Å². The molecule has 120 valence electrons. The van der Waals surface area contributed by atoms with Gasteiger partial charge in [0.25, 0.3) is 9.05 Å². The molecule has 0 bridgehead atoms. The average Bonchev–Trinajstić information content (AvgIpc) is 2.24. The van der Waals surface area contributed by atoms with Gasteiger partial charge in [0.15, 0.2) is 0 Å². The zero-order valence-corrected chi connectivity index (χ0v) is 15.1. The predicted octanol–water partition coefficient (Wildman–Crippen LogP) is 3.16. The lowest BCUT2D eigenvalue weighted by molar-refractivity contribution is 0.256.